The number of thiazole rings is 1. The Morgan fingerprint density at radius 3 is 2.10 bits per heavy atom. The molecule has 0 amide bonds. The van der Waals surface area contributed by atoms with Crippen LogP contribution in [-0.4, -0.2) is 42.1 Å². The summed E-state index contributed by atoms with van der Waals surface area (Å²) in [5.41, 5.74) is 3.94. The van der Waals surface area contributed by atoms with Crippen LogP contribution in [0, 0.1) is 0 Å². The standard InChI is InChI=1S/C22H14N4O4S/c27-21(28)14-4-6-25-18(8-14)20-10-15(22(29)30)9-19(26-20)17-7-13(3-5-24-17)1-2-16-11-23-12-31-16/h1-12H,(H,27,28)(H,29,30)/b2-1+. The number of pyridine rings is 3. The number of carboxylic acid groups (broad SMARTS) is 2. The second-order valence-corrected chi connectivity index (χ2v) is 7.30. The lowest BCUT2D eigenvalue weighted by Crippen LogP contribution is -2.02. The monoisotopic (exact) mass is 430 g/mol. The van der Waals surface area contributed by atoms with Crippen molar-refractivity contribution in [2.75, 3.05) is 0 Å². The van der Waals surface area contributed by atoms with E-state index in [0.29, 0.717) is 11.4 Å². The number of hydrogen-bond donors (Lipinski definition) is 2. The summed E-state index contributed by atoms with van der Waals surface area (Å²) in [7, 11) is 0. The van der Waals surface area contributed by atoms with Crippen molar-refractivity contribution >= 4 is 35.4 Å². The van der Waals surface area contributed by atoms with E-state index in [0.717, 1.165) is 10.4 Å². The minimum Gasteiger partial charge on any atom is -0.478 e. The third-order valence-electron chi connectivity index (χ3n) is 4.28. The van der Waals surface area contributed by atoms with Crippen LogP contribution >= 0.6 is 11.3 Å². The molecule has 4 rings (SSSR count). The van der Waals surface area contributed by atoms with E-state index in [-0.39, 0.29) is 22.5 Å². The van der Waals surface area contributed by atoms with Gasteiger partial charge in [-0.25, -0.2) is 14.6 Å². The van der Waals surface area contributed by atoms with Gasteiger partial charge in [0.05, 0.1) is 39.4 Å². The fourth-order valence-corrected chi connectivity index (χ4v) is 3.31. The second kappa shape index (κ2) is 8.64. The molecule has 4 heterocycles. The molecular formula is C22H14N4O4S. The fourth-order valence-electron chi connectivity index (χ4n) is 2.80. The van der Waals surface area contributed by atoms with Gasteiger partial charge in [-0.05, 0) is 48.0 Å². The van der Waals surface area contributed by atoms with E-state index in [1.807, 2.05) is 18.2 Å². The van der Waals surface area contributed by atoms with Crippen LogP contribution in [0.25, 0.3) is 34.9 Å². The zero-order valence-corrected chi connectivity index (χ0v) is 16.7. The molecule has 152 valence electrons. The highest BCUT2D eigenvalue weighted by Gasteiger charge is 2.14. The molecule has 2 N–H and O–H groups in total. The lowest BCUT2D eigenvalue weighted by atomic mass is 10.1. The number of carboxylic acids is 2. The Kier molecular flexibility index (Phi) is 5.59. The smallest absolute Gasteiger partial charge is 0.335 e. The number of aromatic nitrogens is 4. The molecule has 0 fully saturated rings. The normalized spacial score (nSPS) is 11.0. The van der Waals surface area contributed by atoms with Gasteiger partial charge in [0.2, 0.25) is 0 Å². The third kappa shape index (κ3) is 4.68. The molecule has 0 saturated heterocycles. The fraction of sp³-hybridized carbons (Fsp3) is 0. The SMILES string of the molecule is O=C(O)c1ccnc(-c2cc(C(=O)O)cc(-c3cc(/C=C/c4cncs4)ccn3)n2)c1. The van der Waals surface area contributed by atoms with Gasteiger partial charge in [-0.15, -0.1) is 11.3 Å². The van der Waals surface area contributed by atoms with E-state index >= 15 is 0 Å². The summed E-state index contributed by atoms with van der Waals surface area (Å²) in [4.78, 5) is 40.9. The van der Waals surface area contributed by atoms with Gasteiger partial charge in [0.25, 0.3) is 0 Å². The van der Waals surface area contributed by atoms with Crippen LogP contribution in [0.2, 0.25) is 0 Å². The van der Waals surface area contributed by atoms with Crippen LogP contribution in [0.4, 0.5) is 0 Å². The molecule has 0 radical (unpaired) electrons. The Morgan fingerprint density at radius 2 is 1.45 bits per heavy atom. The Balaban J connectivity index is 1.77. The third-order valence-corrected chi connectivity index (χ3v) is 5.02. The maximum absolute atomic E-state index is 11.7. The summed E-state index contributed by atoms with van der Waals surface area (Å²) in [6.45, 7) is 0. The molecule has 0 unspecified atom stereocenters. The van der Waals surface area contributed by atoms with E-state index in [4.69, 9.17) is 0 Å². The number of hydrogen-bond acceptors (Lipinski definition) is 7. The van der Waals surface area contributed by atoms with Gasteiger partial charge in [0.1, 0.15) is 0 Å². The van der Waals surface area contributed by atoms with Crippen molar-refractivity contribution in [3.63, 3.8) is 0 Å². The van der Waals surface area contributed by atoms with Crippen LogP contribution in [0.5, 0.6) is 0 Å². The van der Waals surface area contributed by atoms with Crippen molar-refractivity contribution in [2.24, 2.45) is 0 Å². The van der Waals surface area contributed by atoms with E-state index in [2.05, 4.69) is 19.9 Å². The zero-order valence-electron chi connectivity index (χ0n) is 15.8. The Labute approximate surface area is 180 Å². The molecule has 8 nitrogen and oxygen atoms in total. The molecule has 31 heavy (non-hydrogen) atoms. The summed E-state index contributed by atoms with van der Waals surface area (Å²) >= 11 is 1.51. The predicted molar refractivity (Wildman–Crippen MR) is 116 cm³/mol. The summed E-state index contributed by atoms with van der Waals surface area (Å²) < 4.78 is 0. The van der Waals surface area contributed by atoms with Crippen LogP contribution < -0.4 is 0 Å². The second-order valence-electron chi connectivity index (χ2n) is 6.38. The summed E-state index contributed by atoms with van der Waals surface area (Å²) in [6, 6.07) is 9.09. The Morgan fingerprint density at radius 1 is 0.806 bits per heavy atom. The first kappa shape index (κ1) is 20.0. The van der Waals surface area contributed by atoms with E-state index in [1.165, 1.54) is 41.8 Å². The van der Waals surface area contributed by atoms with Crippen molar-refractivity contribution in [3.05, 3.63) is 82.1 Å². The lowest BCUT2D eigenvalue weighted by Gasteiger charge is -2.08. The van der Waals surface area contributed by atoms with E-state index < -0.39 is 11.9 Å². The zero-order chi connectivity index (χ0) is 21.8. The van der Waals surface area contributed by atoms with Crippen molar-refractivity contribution in [1.29, 1.82) is 0 Å². The van der Waals surface area contributed by atoms with Crippen LogP contribution in [0.15, 0.2) is 60.5 Å². The molecule has 0 spiro atoms. The van der Waals surface area contributed by atoms with Gasteiger partial charge in [-0.2, -0.15) is 0 Å². The van der Waals surface area contributed by atoms with Crippen molar-refractivity contribution in [3.8, 4) is 22.8 Å². The molecule has 0 aromatic carbocycles. The number of rotatable bonds is 6. The molecule has 9 heteroatoms. The van der Waals surface area contributed by atoms with E-state index in [9.17, 15) is 19.8 Å². The first-order valence-corrected chi connectivity index (χ1v) is 9.85. The maximum atomic E-state index is 11.7. The van der Waals surface area contributed by atoms with Crippen molar-refractivity contribution in [2.45, 2.75) is 0 Å². The highest BCUT2D eigenvalue weighted by Crippen LogP contribution is 2.24. The van der Waals surface area contributed by atoms with Crippen LogP contribution in [0.3, 0.4) is 0 Å². The van der Waals surface area contributed by atoms with Crippen molar-refractivity contribution < 1.29 is 19.8 Å². The highest BCUT2D eigenvalue weighted by atomic mass is 32.1. The molecule has 0 bridgehead atoms. The van der Waals surface area contributed by atoms with Gasteiger partial charge in [-0.1, -0.05) is 6.08 Å². The highest BCUT2D eigenvalue weighted by molar-refractivity contribution is 7.10. The first-order valence-electron chi connectivity index (χ1n) is 8.98. The van der Waals surface area contributed by atoms with Gasteiger partial charge in [0.15, 0.2) is 0 Å². The number of carbonyl (C=O) groups is 2. The average molecular weight is 430 g/mol. The van der Waals surface area contributed by atoms with Gasteiger partial charge in [0, 0.05) is 23.5 Å². The van der Waals surface area contributed by atoms with E-state index in [1.54, 1.807) is 24.0 Å². The van der Waals surface area contributed by atoms with Gasteiger partial charge in [-0.3, -0.25) is 15.0 Å². The van der Waals surface area contributed by atoms with Gasteiger partial charge < -0.3 is 10.2 Å². The lowest BCUT2D eigenvalue weighted by molar-refractivity contribution is 0.0686. The average Bonchev–Trinajstić information content (AvgIpc) is 3.31. The largest absolute Gasteiger partial charge is 0.478 e. The predicted octanol–water partition coefficient (Wildman–Crippen LogP) is 4.23. The molecule has 0 aliphatic rings. The molecule has 0 saturated carbocycles. The molecular weight excluding hydrogens is 416 g/mol. The molecule has 0 atom stereocenters. The molecule has 0 aliphatic heterocycles. The quantitative estimate of drug-likeness (QED) is 0.465. The van der Waals surface area contributed by atoms with Crippen LogP contribution in [0.1, 0.15) is 31.2 Å². The summed E-state index contributed by atoms with van der Waals surface area (Å²) in [5, 5.41) is 18.8. The number of aromatic carboxylic acids is 2. The van der Waals surface area contributed by atoms with Crippen molar-refractivity contribution in [1.82, 2.24) is 19.9 Å². The minimum atomic E-state index is -1.14. The first-order chi connectivity index (χ1) is 15.0. The molecule has 4 aromatic heterocycles. The summed E-state index contributed by atoms with van der Waals surface area (Å²) in [5.74, 6) is -2.25. The number of nitrogens with zero attached hydrogens (tertiary/aromatic N) is 4. The van der Waals surface area contributed by atoms with Crippen LogP contribution in [-0.2, 0) is 0 Å². The summed E-state index contributed by atoms with van der Waals surface area (Å²) in [6.07, 6.45) is 8.53. The maximum Gasteiger partial charge on any atom is 0.335 e. The van der Waals surface area contributed by atoms with Gasteiger partial charge >= 0.3 is 11.9 Å². The molecule has 4 aromatic rings. The minimum absolute atomic E-state index is 0.00469. The Hall–Kier alpha value is -4.24. The molecule has 0 aliphatic carbocycles. The topological polar surface area (TPSA) is 126 Å². The Bertz CT molecular complexity index is 1300.